The lowest BCUT2D eigenvalue weighted by molar-refractivity contribution is -0.00725. The van der Waals surface area contributed by atoms with Crippen LogP contribution >= 0.6 is 0 Å². The molecule has 0 aliphatic heterocycles. The molecule has 3 aromatic rings. The number of aliphatic hydroxyl groups is 2. The van der Waals surface area contributed by atoms with Gasteiger partial charge in [0.2, 0.25) is 0 Å². The first-order valence-electron chi connectivity index (χ1n) is 14.1. The molecule has 6 N–H and O–H groups in total. The van der Waals surface area contributed by atoms with Crippen LogP contribution in [0.1, 0.15) is 65.5 Å². The lowest BCUT2D eigenvalue weighted by atomic mass is 9.87. The summed E-state index contributed by atoms with van der Waals surface area (Å²) in [5.41, 5.74) is 8.66. The molecule has 2 fully saturated rings. The van der Waals surface area contributed by atoms with Gasteiger partial charge in [0.15, 0.2) is 11.5 Å². The van der Waals surface area contributed by atoms with E-state index in [0.717, 1.165) is 25.1 Å². The number of aliphatic hydroxyl groups excluding tert-OH is 2. The monoisotopic (exact) mass is 550 g/mol. The molecule has 2 aromatic heterocycles. The van der Waals surface area contributed by atoms with Gasteiger partial charge >= 0.3 is 6.03 Å². The summed E-state index contributed by atoms with van der Waals surface area (Å²) in [6.45, 7) is 12.1. The first-order chi connectivity index (χ1) is 18.9. The van der Waals surface area contributed by atoms with Crippen molar-refractivity contribution in [3.05, 3.63) is 42.5 Å². The number of nitrogens with one attached hydrogen (secondary N) is 2. The zero-order valence-corrected chi connectivity index (χ0v) is 24.0. The fraction of sp³-hybridized carbons (Fsp3) is 0.586. The number of hydrogen-bond donors (Lipinski definition) is 5. The third-order valence-corrected chi connectivity index (χ3v) is 8.67. The third-order valence-electron chi connectivity index (χ3n) is 8.67. The van der Waals surface area contributed by atoms with E-state index in [-0.39, 0.29) is 29.6 Å². The maximum atomic E-state index is 12.4. The van der Waals surface area contributed by atoms with E-state index in [1.807, 2.05) is 28.8 Å². The molecule has 11 nitrogen and oxygen atoms in total. The summed E-state index contributed by atoms with van der Waals surface area (Å²) < 4.78 is 1.82. The highest BCUT2D eigenvalue weighted by atomic mass is 16.3. The highest BCUT2D eigenvalue weighted by Crippen LogP contribution is 2.63. The van der Waals surface area contributed by atoms with Crippen LogP contribution in [-0.4, -0.2) is 78.0 Å². The smallest absolute Gasteiger partial charge is 0.319 e. The highest BCUT2D eigenvalue weighted by molar-refractivity contribution is 5.89. The number of benzene rings is 1. The molecule has 2 aliphatic carbocycles. The van der Waals surface area contributed by atoms with Gasteiger partial charge < -0.3 is 31.1 Å². The van der Waals surface area contributed by atoms with Crippen LogP contribution in [0.25, 0.3) is 11.2 Å². The van der Waals surface area contributed by atoms with E-state index >= 15 is 0 Å². The van der Waals surface area contributed by atoms with Crippen LogP contribution in [0.4, 0.5) is 16.3 Å². The van der Waals surface area contributed by atoms with Crippen molar-refractivity contribution < 1.29 is 15.0 Å². The van der Waals surface area contributed by atoms with E-state index in [0.29, 0.717) is 29.9 Å². The summed E-state index contributed by atoms with van der Waals surface area (Å²) in [7, 11) is 0. The first-order valence-corrected chi connectivity index (χ1v) is 14.1. The molecule has 2 aliphatic rings. The molecule has 5 atom stereocenters. The summed E-state index contributed by atoms with van der Waals surface area (Å²) in [5, 5.41) is 28.1. The highest BCUT2D eigenvalue weighted by Gasteiger charge is 2.68. The average molecular weight is 551 g/mol. The minimum absolute atomic E-state index is 0.0636. The number of nitrogens with zero attached hydrogens (tertiary/aromatic N) is 5. The van der Waals surface area contributed by atoms with Gasteiger partial charge in [0, 0.05) is 36.3 Å². The summed E-state index contributed by atoms with van der Waals surface area (Å²) in [6.07, 6.45) is 3.43. The molecular formula is C29H42N8O3. The van der Waals surface area contributed by atoms with Gasteiger partial charge in [-0.05, 0) is 56.2 Å². The fourth-order valence-electron chi connectivity index (χ4n) is 6.31. The average Bonchev–Trinajstić information content (AvgIpc) is 3.34. The van der Waals surface area contributed by atoms with Crippen molar-refractivity contribution in [2.24, 2.45) is 5.41 Å². The second-order valence-corrected chi connectivity index (χ2v) is 12.6. The number of amides is 2. The molecule has 1 spiro atoms. The van der Waals surface area contributed by atoms with Crippen molar-refractivity contribution in [2.45, 2.75) is 89.6 Å². The van der Waals surface area contributed by atoms with Crippen LogP contribution in [0.5, 0.6) is 0 Å². The van der Waals surface area contributed by atoms with Gasteiger partial charge in [-0.15, -0.1) is 0 Å². The van der Waals surface area contributed by atoms with Crippen LogP contribution < -0.4 is 16.4 Å². The number of fused-ring (bicyclic) bond motifs is 1. The fourth-order valence-corrected chi connectivity index (χ4v) is 6.31. The van der Waals surface area contributed by atoms with Crippen molar-refractivity contribution in [3.63, 3.8) is 0 Å². The molecule has 5 rings (SSSR count). The number of nitrogens with two attached hydrogens (primary N) is 1. The number of carbonyl (C=O) groups is 1. The van der Waals surface area contributed by atoms with Crippen molar-refractivity contribution >= 4 is 28.7 Å². The number of urea groups is 1. The van der Waals surface area contributed by atoms with E-state index in [9.17, 15) is 15.0 Å². The molecular weight excluding hydrogens is 508 g/mol. The number of anilines is 2. The Morgan fingerprint density at radius 3 is 2.58 bits per heavy atom. The van der Waals surface area contributed by atoms with E-state index in [2.05, 4.69) is 65.1 Å². The van der Waals surface area contributed by atoms with Gasteiger partial charge in [-0.1, -0.05) is 32.9 Å². The van der Waals surface area contributed by atoms with Gasteiger partial charge in [0.1, 0.15) is 17.9 Å². The van der Waals surface area contributed by atoms with Crippen LogP contribution in [0.15, 0.2) is 36.9 Å². The van der Waals surface area contributed by atoms with Gasteiger partial charge in [-0.2, -0.15) is 0 Å². The van der Waals surface area contributed by atoms with E-state index in [1.54, 1.807) is 6.33 Å². The maximum Gasteiger partial charge on any atom is 0.319 e. The normalized spacial score (nSPS) is 26.2. The maximum absolute atomic E-state index is 12.4. The van der Waals surface area contributed by atoms with Gasteiger partial charge in [-0.3, -0.25) is 4.90 Å². The molecule has 1 unspecified atom stereocenters. The van der Waals surface area contributed by atoms with Crippen LogP contribution in [0.2, 0.25) is 0 Å². The summed E-state index contributed by atoms with van der Waals surface area (Å²) in [4.78, 5) is 27.5. The molecule has 2 heterocycles. The number of aromatic nitrogens is 4. The lowest BCUT2D eigenvalue weighted by Gasteiger charge is -2.30. The Morgan fingerprint density at radius 2 is 1.90 bits per heavy atom. The molecule has 1 aromatic carbocycles. The van der Waals surface area contributed by atoms with Crippen molar-refractivity contribution in [1.82, 2.24) is 29.7 Å². The summed E-state index contributed by atoms with van der Waals surface area (Å²) >= 11 is 0. The molecule has 0 radical (unpaired) electrons. The second-order valence-electron chi connectivity index (χ2n) is 12.6. The van der Waals surface area contributed by atoms with Crippen molar-refractivity contribution in [2.75, 3.05) is 24.1 Å². The van der Waals surface area contributed by atoms with Gasteiger partial charge in [0.05, 0.1) is 18.5 Å². The number of nitrogen functional groups attached to an aromatic ring is 1. The van der Waals surface area contributed by atoms with E-state index < -0.39 is 17.6 Å². The predicted octanol–water partition coefficient (Wildman–Crippen LogP) is 3.05. The Hall–Kier alpha value is -3.28. The van der Waals surface area contributed by atoms with Gasteiger partial charge in [0.25, 0.3) is 0 Å². The Bertz CT molecular complexity index is 1350. The molecule has 40 heavy (non-hydrogen) atoms. The number of rotatable bonds is 8. The zero-order chi connectivity index (χ0) is 28.8. The standard InChI is InChI=1S/C29H42N8O3/c1-17(2)36(12-6-11-31-27(40)35-19-9-7-18(8-10-19)28(3,4)5)21-14-29(21)13-20(23(38)24(29)39)37-16-34-22-25(30)32-15-33-26(22)37/h7-10,15-17,20-21,23-24,38-39H,6,11-14H2,1-5H3,(H2,30,32,33)(H2,31,35,40)/t20-,21?,23+,24+,29-/m1/s1. The predicted molar refractivity (Wildman–Crippen MR) is 155 cm³/mol. The van der Waals surface area contributed by atoms with Crippen LogP contribution in [-0.2, 0) is 5.41 Å². The Labute approximate surface area is 235 Å². The largest absolute Gasteiger partial charge is 0.390 e. The molecule has 2 saturated carbocycles. The molecule has 216 valence electrons. The molecule has 0 bridgehead atoms. The molecule has 2 amide bonds. The Kier molecular flexibility index (Phi) is 7.49. The second kappa shape index (κ2) is 10.6. The van der Waals surface area contributed by atoms with E-state index in [1.165, 1.54) is 11.9 Å². The summed E-state index contributed by atoms with van der Waals surface area (Å²) in [5.74, 6) is 0.294. The van der Waals surface area contributed by atoms with Gasteiger partial charge in [-0.25, -0.2) is 19.7 Å². The van der Waals surface area contributed by atoms with E-state index in [4.69, 9.17) is 5.73 Å². The Balaban J connectivity index is 1.16. The van der Waals surface area contributed by atoms with Crippen LogP contribution in [0.3, 0.4) is 0 Å². The quantitative estimate of drug-likeness (QED) is 0.268. The summed E-state index contributed by atoms with van der Waals surface area (Å²) in [6, 6.07) is 7.76. The first kappa shape index (κ1) is 28.3. The molecule has 11 heteroatoms. The van der Waals surface area contributed by atoms with Crippen molar-refractivity contribution in [1.29, 1.82) is 0 Å². The minimum Gasteiger partial charge on any atom is -0.390 e. The zero-order valence-electron chi connectivity index (χ0n) is 24.0. The number of imidazole rings is 1. The van der Waals surface area contributed by atoms with Crippen LogP contribution in [0, 0.1) is 5.41 Å². The SMILES string of the molecule is CC(C)N(CCCNC(=O)Nc1ccc(C(C)(C)C)cc1)C1C[C@]12C[C@@H](n1cnc3c(N)ncnc31)[C@H](O)[C@@H]2O. The Morgan fingerprint density at radius 1 is 1.18 bits per heavy atom. The van der Waals surface area contributed by atoms with Crippen molar-refractivity contribution in [3.8, 4) is 0 Å². The minimum atomic E-state index is -0.935. The third kappa shape index (κ3) is 5.25. The molecule has 0 saturated heterocycles. The number of carbonyl (C=O) groups excluding carboxylic acids is 1. The topological polar surface area (TPSA) is 154 Å². The lowest BCUT2D eigenvalue weighted by Crippen LogP contribution is -2.41. The number of hydrogen-bond acceptors (Lipinski definition) is 8.